The van der Waals surface area contributed by atoms with E-state index in [1.54, 1.807) is 0 Å². The van der Waals surface area contributed by atoms with Gasteiger partial charge in [-0.25, -0.2) is 0 Å². The van der Waals surface area contributed by atoms with Gasteiger partial charge in [0.05, 0.1) is 18.7 Å². The van der Waals surface area contributed by atoms with E-state index in [2.05, 4.69) is 41.4 Å². The third kappa shape index (κ3) is 4.81. The van der Waals surface area contributed by atoms with Crippen molar-refractivity contribution in [3.05, 3.63) is 35.4 Å². The van der Waals surface area contributed by atoms with Gasteiger partial charge in [-0.2, -0.15) is 0 Å². The Bertz CT molecular complexity index is 555. The van der Waals surface area contributed by atoms with Crippen molar-refractivity contribution < 1.29 is 14.6 Å². The lowest BCUT2D eigenvalue weighted by Crippen LogP contribution is -2.52. The van der Waals surface area contributed by atoms with Crippen molar-refractivity contribution in [2.75, 3.05) is 26.4 Å². The van der Waals surface area contributed by atoms with E-state index in [0.717, 1.165) is 51.0 Å². The average molecular weight is 346 g/mol. The highest BCUT2D eigenvalue weighted by molar-refractivity contribution is 5.82. The van der Waals surface area contributed by atoms with Crippen LogP contribution in [0.25, 0.3) is 0 Å². The topological polar surface area (TPSA) is 61.8 Å². The van der Waals surface area contributed by atoms with E-state index >= 15 is 0 Å². The number of nitrogens with zero attached hydrogens (tertiary/aromatic N) is 1. The summed E-state index contributed by atoms with van der Waals surface area (Å²) in [4.78, 5) is 15.2. The molecule has 25 heavy (non-hydrogen) atoms. The maximum atomic E-state index is 12.8. The Hall–Kier alpha value is -1.43. The first kappa shape index (κ1) is 18.4. The number of nitrogens with one attached hydrogen (secondary N) is 1. The molecule has 1 aromatic carbocycles. The van der Waals surface area contributed by atoms with E-state index in [9.17, 15) is 9.90 Å². The Balaban J connectivity index is 1.57. The first-order chi connectivity index (χ1) is 12.2. The zero-order valence-electron chi connectivity index (χ0n) is 15.1. The fourth-order valence-electron chi connectivity index (χ4n) is 3.99. The number of benzene rings is 1. The van der Waals surface area contributed by atoms with Crippen LogP contribution in [0.3, 0.4) is 0 Å². The standard InChI is InChI=1S/C20H30N2O3/c1-15-4-6-16(7-5-15)13-17(14-23)21-20(24)19-3-2-10-22(19)18-8-11-25-12-9-18/h4-7,17-19,23H,2-3,8-14H2,1H3,(H,21,24)/t17-,19-/m0/s1. The van der Waals surface area contributed by atoms with Crippen LogP contribution in [0.2, 0.25) is 0 Å². The number of hydrogen-bond acceptors (Lipinski definition) is 4. The highest BCUT2D eigenvalue weighted by atomic mass is 16.5. The number of carbonyl (C=O) groups excluding carboxylic acids is 1. The number of aryl methyl sites for hydroxylation is 1. The van der Waals surface area contributed by atoms with Gasteiger partial charge in [-0.05, 0) is 51.1 Å². The molecular formula is C20H30N2O3. The van der Waals surface area contributed by atoms with Gasteiger partial charge < -0.3 is 15.2 Å². The van der Waals surface area contributed by atoms with Crippen LogP contribution in [0.1, 0.15) is 36.8 Å². The molecule has 2 heterocycles. The van der Waals surface area contributed by atoms with E-state index in [1.165, 1.54) is 5.56 Å². The van der Waals surface area contributed by atoms with Crippen LogP contribution in [0.5, 0.6) is 0 Å². The molecule has 0 bridgehead atoms. The second-order valence-corrected chi connectivity index (χ2v) is 7.32. The van der Waals surface area contributed by atoms with E-state index in [-0.39, 0.29) is 24.6 Å². The fourth-order valence-corrected chi connectivity index (χ4v) is 3.99. The van der Waals surface area contributed by atoms with Gasteiger partial charge in [-0.1, -0.05) is 29.8 Å². The number of aliphatic hydroxyl groups excluding tert-OH is 1. The maximum absolute atomic E-state index is 12.8. The van der Waals surface area contributed by atoms with Crippen molar-refractivity contribution in [3.63, 3.8) is 0 Å². The van der Waals surface area contributed by atoms with Crippen LogP contribution in [0, 0.1) is 6.92 Å². The first-order valence-corrected chi connectivity index (χ1v) is 9.47. The highest BCUT2D eigenvalue weighted by Crippen LogP contribution is 2.25. The summed E-state index contributed by atoms with van der Waals surface area (Å²) in [6, 6.07) is 8.42. The number of carbonyl (C=O) groups is 1. The van der Waals surface area contributed by atoms with Gasteiger partial charge in [0.15, 0.2) is 0 Å². The molecule has 0 saturated carbocycles. The molecular weight excluding hydrogens is 316 g/mol. The number of aliphatic hydroxyl groups is 1. The molecule has 0 aromatic heterocycles. The molecule has 0 aliphatic carbocycles. The van der Waals surface area contributed by atoms with Crippen molar-refractivity contribution in [1.29, 1.82) is 0 Å². The van der Waals surface area contributed by atoms with Crippen LogP contribution in [-0.2, 0) is 16.0 Å². The van der Waals surface area contributed by atoms with Gasteiger partial charge in [0, 0.05) is 19.3 Å². The van der Waals surface area contributed by atoms with Crippen molar-refractivity contribution in [2.24, 2.45) is 0 Å². The van der Waals surface area contributed by atoms with Crippen LogP contribution >= 0.6 is 0 Å². The second kappa shape index (κ2) is 8.79. The van der Waals surface area contributed by atoms with Crippen molar-refractivity contribution in [2.45, 2.75) is 57.2 Å². The Labute approximate surface area is 150 Å². The van der Waals surface area contributed by atoms with E-state index in [0.29, 0.717) is 12.5 Å². The first-order valence-electron chi connectivity index (χ1n) is 9.47. The predicted octanol–water partition coefficient (Wildman–Crippen LogP) is 1.66. The Kier molecular flexibility index (Phi) is 6.45. The zero-order chi connectivity index (χ0) is 17.6. The molecule has 2 aliphatic heterocycles. The number of hydrogen-bond donors (Lipinski definition) is 2. The Morgan fingerprint density at radius 1 is 1.28 bits per heavy atom. The van der Waals surface area contributed by atoms with Crippen molar-refractivity contribution in [1.82, 2.24) is 10.2 Å². The molecule has 138 valence electrons. The molecule has 2 N–H and O–H groups in total. The van der Waals surface area contributed by atoms with Gasteiger partial charge >= 0.3 is 0 Å². The Morgan fingerprint density at radius 3 is 2.68 bits per heavy atom. The van der Waals surface area contributed by atoms with Crippen LogP contribution < -0.4 is 5.32 Å². The van der Waals surface area contributed by atoms with Gasteiger partial charge in [-0.15, -0.1) is 0 Å². The largest absolute Gasteiger partial charge is 0.394 e. The lowest BCUT2D eigenvalue weighted by molar-refractivity contribution is -0.128. The minimum absolute atomic E-state index is 0.0381. The normalized spacial score (nSPS) is 23.5. The fraction of sp³-hybridized carbons (Fsp3) is 0.650. The summed E-state index contributed by atoms with van der Waals surface area (Å²) < 4.78 is 5.45. The molecule has 2 fully saturated rings. The molecule has 5 heteroatoms. The molecule has 1 aromatic rings. The van der Waals surface area contributed by atoms with Crippen LogP contribution in [0.4, 0.5) is 0 Å². The molecule has 0 spiro atoms. The molecule has 5 nitrogen and oxygen atoms in total. The van der Waals surface area contributed by atoms with E-state index in [4.69, 9.17) is 4.74 Å². The van der Waals surface area contributed by atoms with Crippen LogP contribution in [0.15, 0.2) is 24.3 Å². The minimum Gasteiger partial charge on any atom is -0.394 e. The van der Waals surface area contributed by atoms with Gasteiger partial charge in [0.25, 0.3) is 0 Å². The van der Waals surface area contributed by atoms with E-state index < -0.39 is 0 Å². The molecule has 0 radical (unpaired) electrons. The maximum Gasteiger partial charge on any atom is 0.237 e. The zero-order valence-corrected chi connectivity index (χ0v) is 15.1. The summed E-state index contributed by atoms with van der Waals surface area (Å²) in [6.07, 6.45) is 4.66. The summed E-state index contributed by atoms with van der Waals surface area (Å²) in [5, 5.41) is 12.8. The number of amides is 1. The summed E-state index contributed by atoms with van der Waals surface area (Å²) in [5.74, 6) is 0.0650. The highest BCUT2D eigenvalue weighted by Gasteiger charge is 2.36. The summed E-state index contributed by atoms with van der Waals surface area (Å²) in [6.45, 7) is 4.60. The quantitative estimate of drug-likeness (QED) is 0.822. The summed E-state index contributed by atoms with van der Waals surface area (Å²) in [5.41, 5.74) is 2.35. The van der Waals surface area contributed by atoms with Crippen molar-refractivity contribution >= 4 is 5.91 Å². The third-order valence-electron chi connectivity index (χ3n) is 5.43. The monoisotopic (exact) mass is 346 g/mol. The van der Waals surface area contributed by atoms with Gasteiger partial charge in [0.2, 0.25) is 5.91 Å². The summed E-state index contributed by atoms with van der Waals surface area (Å²) >= 11 is 0. The lowest BCUT2D eigenvalue weighted by atomic mass is 10.0. The minimum atomic E-state index is -0.229. The number of rotatable bonds is 6. The van der Waals surface area contributed by atoms with Crippen LogP contribution in [-0.4, -0.2) is 60.4 Å². The molecule has 2 aliphatic rings. The van der Waals surface area contributed by atoms with E-state index in [1.807, 2.05) is 0 Å². The molecule has 2 atom stereocenters. The van der Waals surface area contributed by atoms with Gasteiger partial charge in [0.1, 0.15) is 0 Å². The molecule has 2 saturated heterocycles. The Morgan fingerprint density at radius 2 is 2.00 bits per heavy atom. The third-order valence-corrected chi connectivity index (χ3v) is 5.43. The molecule has 3 rings (SSSR count). The lowest BCUT2D eigenvalue weighted by Gasteiger charge is -2.35. The van der Waals surface area contributed by atoms with Gasteiger partial charge in [-0.3, -0.25) is 9.69 Å². The predicted molar refractivity (Wildman–Crippen MR) is 97.5 cm³/mol. The molecule has 1 amide bonds. The summed E-state index contributed by atoms with van der Waals surface area (Å²) in [7, 11) is 0. The average Bonchev–Trinajstić information content (AvgIpc) is 3.13. The number of ether oxygens (including phenoxy) is 1. The SMILES string of the molecule is Cc1ccc(C[C@@H](CO)NC(=O)[C@@H]2CCCN2C2CCOCC2)cc1. The van der Waals surface area contributed by atoms with Crippen molar-refractivity contribution in [3.8, 4) is 0 Å². The number of likely N-dealkylation sites (tertiary alicyclic amines) is 1. The smallest absolute Gasteiger partial charge is 0.237 e. The molecule has 0 unspecified atom stereocenters. The second-order valence-electron chi connectivity index (χ2n) is 7.32.